The van der Waals surface area contributed by atoms with Gasteiger partial charge in [-0.05, 0) is 74.0 Å². The molecule has 5 aromatic rings. The molecule has 9 heteroatoms. The number of rotatable bonds is 5. The Balaban J connectivity index is 1.50. The van der Waals surface area contributed by atoms with Gasteiger partial charge in [-0.2, -0.15) is 4.98 Å². The van der Waals surface area contributed by atoms with Crippen molar-refractivity contribution in [1.29, 1.82) is 0 Å². The van der Waals surface area contributed by atoms with Crippen LogP contribution in [0.15, 0.2) is 80.6 Å². The molecular formula is C24H18ClN3O4S. The van der Waals surface area contributed by atoms with Gasteiger partial charge in [0.15, 0.2) is 5.76 Å². The van der Waals surface area contributed by atoms with E-state index in [0.717, 1.165) is 11.1 Å². The normalized spacial score (nSPS) is 11.7. The lowest BCUT2D eigenvalue weighted by atomic mass is 10.1. The number of benzene rings is 3. The zero-order valence-corrected chi connectivity index (χ0v) is 19.2. The van der Waals surface area contributed by atoms with Crippen LogP contribution in [0.4, 0.5) is 5.69 Å². The summed E-state index contributed by atoms with van der Waals surface area (Å²) in [5.41, 5.74) is 3.42. The summed E-state index contributed by atoms with van der Waals surface area (Å²) in [4.78, 5) is 4.55. The van der Waals surface area contributed by atoms with Crippen molar-refractivity contribution in [2.24, 2.45) is 0 Å². The maximum absolute atomic E-state index is 12.9. The summed E-state index contributed by atoms with van der Waals surface area (Å²) in [6, 6.07) is 18.9. The molecule has 0 bridgehead atoms. The van der Waals surface area contributed by atoms with E-state index in [2.05, 4.69) is 14.9 Å². The molecule has 2 aromatic heterocycles. The van der Waals surface area contributed by atoms with Crippen LogP contribution in [0.5, 0.6) is 0 Å². The van der Waals surface area contributed by atoms with E-state index in [9.17, 15) is 8.42 Å². The minimum atomic E-state index is -3.78. The van der Waals surface area contributed by atoms with Crippen molar-refractivity contribution in [3.63, 3.8) is 0 Å². The Morgan fingerprint density at radius 3 is 2.52 bits per heavy atom. The Morgan fingerprint density at radius 2 is 1.76 bits per heavy atom. The van der Waals surface area contributed by atoms with Crippen molar-refractivity contribution < 1.29 is 17.4 Å². The molecule has 0 fully saturated rings. The Morgan fingerprint density at radius 1 is 0.970 bits per heavy atom. The van der Waals surface area contributed by atoms with E-state index in [-0.39, 0.29) is 10.8 Å². The molecule has 0 atom stereocenters. The number of aromatic nitrogens is 2. The lowest BCUT2D eigenvalue weighted by Gasteiger charge is -2.08. The van der Waals surface area contributed by atoms with Crippen molar-refractivity contribution in [1.82, 2.24) is 10.1 Å². The summed E-state index contributed by atoms with van der Waals surface area (Å²) in [7, 11) is -3.78. The third-order valence-corrected chi connectivity index (χ3v) is 6.84. The fourth-order valence-electron chi connectivity index (χ4n) is 3.53. The molecule has 0 aliphatic heterocycles. The van der Waals surface area contributed by atoms with Crippen LogP contribution < -0.4 is 4.72 Å². The van der Waals surface area contributed by atoms with E-state index < -0.39 is 10.0 Å². The van der Waals surface area contributed by atoms with Gasteiger partial charge < -0.3 is 8.94 Å². The third kappa shape index (κ3) is 4.10. The highest BCUT2D eigenvalue weighted by Gasteiger charge is 2.22. The largest absolute Gasteiger partial charge is 0.451 e. The number of fused-ring (bicyclic) bond motifs is 1. The molecule has 3 aromatic carbocycles. The second-order valence-corrected chi connectivity index (χ2v) is 9.74. The van der Waals surface area contributed by atoms with Gasteiger partial charge in [0.05, 0.1) is 4.90 Å². The number of aryl methyl sites for hydroxylation is 2. The van der Waals surface area contributed by atoms with Gasteiger partial charge in [-0.3, -0.25) is 4.72 Å². The third-order valence-electron chi connectivity index (χ3n) is 5.21. The summed E-state index contributed by atoms with van der Waals surface area (Å²) < 4.78 is 39.8. The van der Waals surface area contributed by atoms with Gasteiger partial charge in [-0.25, -0.2) is 8.42 Å². The summed E-state index contributed by atoms with van der Waals surface area (Å²) in [6.07, 6.45) is 0. The summed E-state index contributed by atoms with van der Waals surface area (Å²) in [6.45, 7) is 3.72. The Hall–Kier alpha value is -3.62. The molecule has 0 unspecified atom stereocenters. The van der Waals surface area contributed by atoms with Crippen LogP contribution in [0.25, 0.3) is 34.0 Å². The number of hydrogen-bond donors (Lipinski definition) is 1. The van der Waals surface area contributed by atoms with Crippen LogP contribution in [0.1, 0.15) is 11.1 Å². The highest BCUT2D eigenvalue weighted by molar-refractivity contribution is 7.92. The van der Waals surface area contributed by atoms with Gasteiger partial charge in [-0.15, -0.1) is 0 Å². The van der Waals surface area contributed by atoms with Gasteiger partial charge >= 0.3 is 0 Å². The first kappa shape index (κ1) is 21.2. The molecule has 0 saturated carbocycles. The number of nitrogens with zero attached hydrogens (tertiary/aromatic N) is 2. The Labute approximate surface area is 195 Å². The fraction of sp³-hybridized carbons (Fsp3) is 0.0833. The predicted octanol–water partition coefficient (Wildman–Crippen LogP) is 6.22. The molecule has 0 spiro atoms. The minimum Gasteiger partial charge on any atom is -0.451 e. The Bertz CT molecular complexity index is 1590. The molecule has 0 aliphatic rings. The molecule has 2 heterocycles. The van der Waals surface area contributed by atoms with Crippen LogP contribution in [-0.2, 0) is 10.0 Å². The molecule has 166 valence electrons. The van der Waals surface area contributed by atoms with Crippen LogP contribution in [-0.4, -0.2) is 18.6 Å². The lowest BCUT2D eigenvalue weighted by Crippen LogP contribution is -2.12. The van der Waals surface area contributed by atoms with E-state index in [1.54, 1.807) is 54.6 Å². The van der Waals surface area contributed by atoms with E-state index in [1.165, 1.54) is 6.07 Å². The topological polar surface area (TPSA) is 98.2 Å². The van der Waals surface area contributed by atoms with Gasteiger partial charge in [0.1, 0.15) is 5.58 Å². The number of hydrogen-bond acceptors (Lipinski definition) is 6. The first-order chi connectivity index (χ1) is 15.8. The molecule has 33 heavy (non-hydrogen) atoms. The molecule has 0 saturated heterocycles. The predicted molar refractivity (Wildman–Crippen MR) is 127 cm³/mol. The van der Waals surface area contributed by atoms with Crippen LogP contribution >= 0.6 is 11.6 Å². The SMILES string of the molecule is Cc1cccc(NS(=O)(=O)c2ccc3oc(-c4nc(-c5ccc(Cl)cc5)no4)c(C)c3c2)c1. The number of sulfonamides is 1. The second kappa shape index (κ2) is 8.06. The van der Waals surface area contributed by atoms with Crippen molar-refractivity contribution in [2.75, 3.05) is 4.72 Å². The highest BCUT2D eigenvalue weighted by Crippen LogP contribution is 2.34. The zero-order valence-electron chi connectivity index (χ0n) is 17.7. The first-order valence-electron chi connectivity index (χ1n) is 10.0. The van der Waals surface area contributed by atoms with E-state index in [1.807, 2.05) is 19.9 Å². The average molecular weight is 480 g/mol. The molecule has 5 rings (SSSR count). The molecule has 1 N–H and O–H groups in total. The van der Waals surface area contributed by atoms with Crippen LogP contribution in [0.2, 0.25) is 5.02 Å². The van der Waals surface area contributed by atoms with Gasteiger partial charge in [0, 0.05) is 27.2 Å². The summed E-state index contributed by atoms with van der Waals surface area (Å²) in [5, 5.41) is 5.27. The zero-order chi connectivity index (χ0) is 23.2. The van der Waals surface area contributed by atoms with Crippen LogP contribution in [0, 0.1) is 13.8 Å². The average Bonchev–Trinajstić information content (AvgIpc) is 3.39. The maximum atomic E-state index is 12.9. The minimum absolute atomic E-state index is 0.124. The molecular weight excluding hydrogens is 462 g/mol. The Kier molecular flexibility index (Phi) is 5.19. The van der Waals surface area contributed by atoms with E-state index in [0.29, 0.717) is 38.8 Å². The number of nitrogens with one attached hydrogen (secondary N) is 1. The van der Waals surface area contributed by atoms with E-state index >= 15 is 0 Å². The van der Waals surface area contributed by atoms with Gasteiger partial charge in [-0.1, -0.05) is 28.9 Å². The van der Waals surface area contributed by atoms with Crippen LogP contribution in [0.3, 0.4) is 0 Å². The summed E-state index contributed by atoms with van der Waals surface area (Å²) >= 11 is 5.94. The fourth-order valence-corrected chi connectivity index (χ4v) is 4.73. The van der Waals surface area contributed by atoms with Crippen molar-refractivity contribution in [3.05, 3.63) is 82.9 Å². The number of anilines is 1. The quantitative estimate of drug-likeness (QED) is 0.321. The molecule has 0 aliphatic carbocycles. The van der Waals surface area contributed by atoms with E-state index in [4.69, 9.17) is 20.5 Å². The monoisotopic (exact) mass is 479 g/mol. The maximum Gasteiger partial charge on any atom is 0.294 e. The number of halogens is 1. The van der Waals surface area contributed by atoms with Crippen molar-refractivity contribution in [2.45, 2.75) is 18.7 Å². The molecule has 7 nitrogen and oxygen atoms in total. The van der Waals surface area contributed by atoms with Crippen molar-refractivity contribution in [3.8, 4) is 23.0 Å². The smallest absolute Gasteiger partial charge is 0.294 e. The second-order valence-electron chi connectivity index (χ2n) is 7.62. The molecule has 0 radical (unpaired) electrons. The first-order valence-corrected chi connectivity index (χ1v) is 11.9. The standard InChI is InChI=1S/C24H18ClN3O4S/c1-14-4-3-5-18(12-14)28-33(29,30)19-10-11-21-20(13-19)15(2)22(31-21)24-26-23(27-32-24)16-6-8-17(25)9-7-16/h3-13,28H,1-2H3. The van der Waals surface area contributed by atoms with Crippen molar-refractivity contribution >= 4 is 38.3 Å². The highest BCUT2D eigenvalue weighted by atomic mass is 35.5. The lowest BCUT2D eigenvalue weighted by molar-refractivity contribution is 0.419. The van der Waals surface area contributed by atoms with Gasteiger partial charge in [0.25, 0.3) is 15.9 Å². The molecule has 0 amide bonds. The number of furan rings is 1. The van der Waals surface area contributed by atoms with Gasteiger partial charge in [0.2, 0.25) is 5.82 Å². The summed E-state index contributed by atoms with van der Waals surface area (Å²) in [5.74, 6) is 0.988.